The highest BCUT2D eigenvalue weighted by atomic mass is 16.3. The molecule has 0 aliphatic heterocycles. The molecule has 1 saturated carbocycles. The largest absolute Gasteiger partial charge is 0.395 e. The Kier molecular flexibility index (Phi) is 4.58. The first kappa shape index (κ1) is 9.96. The summed E-state index contributed by atoms with van der Waals surface area (Å²) in [6.07, 6.45) is 6.61. The lowest BCUT2D eigenvalue weighted by Crippen LogP contribution is -2.42. The number of hydrogen-bond donors (Lipinski definition) is 3. The summed E-state index contributed by atoms with van der Waals surface area (Å²) in [5, 5.41) is 12.1. The molecular formula is C9H20N2O. The smallest absolute Gasteiger partial charge is 0.0594 e. The van der Waals surface area contributed by atoms with Crippen molar-refractivity contribution in [3.05, 3.63) is 0 Å². The Morgan fingerprint density at radius 1 is 1.33 bits per heavy atom. The lowest BCUT2D eigenvalue weighted by Gasteiger charge is -2.24. The van der Waals surface area contributed by atoms with Crippen molar-refractivity contribution in [1.82, 2.24) is 5.32 Å². The van der Waals surface area contributed by atoms with Crippen molar-refractivity contribution in [2.45, 2.75) is 44.2 Å². The molecule has 0 aromatic heterocycles. The maximum atomic E-state index is 8.70. The number of nitrogens with one attached hydrogen (secondary N) is 1. The van der Waals surface area contributed by atoms with Crippen molar-refractivity contribution in [2.24, 2.45) is 5.73 Å². The predicted molar refractivity (Wildman–Crippen MR) is 49.9 cm³/mol. The molecule has 0 spiro atoms. The Morgan fingerprint density at radius 3 is 2.58 bits per heavy atom. The van der Waals surface area contributed by atoms with E-state index in [0.717, 1.165) is 6.54 Å². The average Bonchev–Trinajstić information content (AvgIpc) is 2.16. The van der Waals surface area contributed by atoms with Crippen LogP contribution < -0.4 is 11.1 Å². The van der Waals surface area contributed by atoms with Crippen molar-refractivity contribution >= 4 is 0 Å². The Bertz CT molecular complexity index is 113. The summed E-state index contributed by atoms with van der Waals surface area (Å²) < 4.78 is 0. The second-order valence-electron chi connectivity index (χ2n) is 3.69. The lowest BCUT2D eigenvalue weighted by atomic mass is 9.95. The topological polar surface area (TPSA) is 58.3 Å². The van der Waals surface area contributed by atoms with Crippen LogP contribution in [0.3, 0.4) is 0 Å². The SMILES string of the molecule is NC(CO)CNC1CCCCC1. The third-order valence-corrected chi connectivity index (χ3v) is 2.51. The second-order valence-corrected chi connectivity index (χ2v) is 3.69. The first-order valence-corrected chi connectivity index (χ1v) is 4.92. The van der Waals surface area contributed by atoms with Gasteiger partial charge in [0, 0.05) is 18.6 Å². The summed E-state index contributed by atoms with van der Waals surface area (Å²) in [4.78, 5) is 0. The second kappa shape index (κ2) is 5.51. The maximum absolute atomic E-state index is 8.70. The van der Waals surface area contributed by atoms with E-state index in [1.54, 1.807) is 0 Å². The maximum Gasteiger partial charge on any atom is 0.0594 e. The fourth-order valence-corrected chi connectivity index (χ4v) is 1.69. The molecule has 12 heavy (non-hydrogen) atoms. The van der Waals surface area contributed by atoms with Crippen molar-refractivity contribution < 1.29 is 5.11 Å². The minimum absolute atomic E-state index is 0.0831. The average molecular weight is 172 g/mol. The van der Waals surface area contributed by atoms with Crippen LogP contribution in [0, 0.1) is 0 Å². The monoisotopic (exact) mass is 172 g/mol. The molecule has 0 heterocycles. The van der Waals surface area contributed by atoms with E-state index in [0.29, 0.717) is 6.04 Å². The number of rotatable bonds is 4. The summed E-state index contributed by atoms with van der Waals surface area (Å²) in [5.74, 6) is 0. The highest BCUT2D eigenvalue weighted by Crippen LogP contribution is 2.16. The minimum atomic E-state index is -0.0908. The summed E-state index contributed by atoms with van der Waals surface area (Å²) in [6.45, 7) is 0.834. The fraction of sp³-hybridized carbons (Fsp3) is 1.00. The summed E-state index contributed by atoms with van der Waals surface area (Å²) in [6, 6.07) is 0.559. The molecule has 1 aliphatic carbocycles. The van der Waals surface area contributed by atoms with Gasteiger partial charge in [0.15, 0.2) is 0 Å². The predicted octanol–water partition coefficient (Wildman–Crippen LogP) is 0.228. The number of nitrogens with two attached hydrogens (primary N) is 1. The van der Waals surface area contributed by atoms with Crippen LogP contribution in [0.4, 0.5) is 0 Å². The summed E-state index contributed by atoms with van der Waals surface area (Å²) in [7, 11) is 0. The molecule has 0 bridgehead atoms. The van der Waals surface area contributed by atoms with E-state index in [1.807, 2.05) is 0 Å². The third kappa shape index (κ3) is 3.52. The van der Waals surface area contributed by atoms with Gasteiger partial charge < -0.3 is 16.2 Å². The zero-order valence-corrected chi connectivity index (χ0v) is 7.63. The van der Waals surface area contributed by atoms with E-state index in [9.17, 15) is 0 Å². The van der Waals surface area contributed by atoms with Crippen LogP contribution in [0.1, 0.15) is 32.1 Å². The third-order valence-electron chi connectivity index (χ3n) is 2.51. The van der Waals surface area contributed by atoms with Gasteiger partial charge in [0.2, 0.25) is 0 Å². The van der Waals surface area contributed by atoms with Crippen LogP contribution in [0.25, 0.3) is 0 Å². The molecule has 0 aromatic carbocycles. The Balaban J connectivity index is 2.05. The van der Waals surface area contributed by atoms with E-state index in [2.05, 4.69) is 5.32 Å². The van der Waals surface area contributed by atoms with Gasteiger partial charge in [-0.3, -0.25) is 0 Å². The summed E-state index contributed by atoms with van der Waals surface area (Å²) >= 11 is 0. The van der Waals surface area contributed by atoms with Gasteiger partial charge in [-0.2, -0.15) is 0 Å². The van der Waals surface area contributed by atoms with Gasteiger partial charge in [0.05, 0.1) is 6.61 Å². The Hall–Kier alpha value is -0.120. The van der Waals surface area contributed by atoms with Crippen molar-refractivity contribution in [3.63, 3.8) is 0 Å². The number of aliphatic hydroxyl groups excluding tert-OH is 1. The van der Waals surface area contributed by atoms with E-state index in [-0.39, 0.29) is 12.6 Å². The van der Waals surface area contributed by atoms with Crippen molar-refractivity contribution in [2.75, 3.05) is 13.2 Å². The lowest BCUT2D eigenvalue weighted by molar-refractivity contribution is 0.254. The Labute approximate surface area is 74.3 Å². The van der Waals surface area contributed by atoms with Gasteiger partial charge in [-0.25, -0.2) is 0 Å². The highest BCUT2D eigenvalue weighted by Gasteiger charge is 2.13. The number of aliphatic hydroxyl groups is 1. The van der Waals surface area contributed by atoms with E-state index in [4.69, 9.17) is 10.8 Å². The Morgan fingerprint density at radius 2 is 2.00 bits per heavy atom. The quantitative estimate of drug-likeness (QED) is 0.569. The normalized spacial score (nSPS) is 22.5. The molecule has 0 amide bonds. The van der Waals surface area contributed by atoms with Gasteiger partial charge in [-0.1, -0.05) is 19.3 Å². The molecule has 4 N–H and O–H groups in total. The molecule has 1 unspecified atom stereocenters. The van der Waals surface area contributed by atoms with Gasteiger partial charge >= 0.3 is 0 Å². The molecule has 3 nitrogen and oxygen atoms in total. The molecule has 0 radical (unpaired) electrons. The first-order valence-electron chi connectivity index (χ1n) is 4.92. The minimum Gasteiger partial charge on any atom is -0.395 e. The van der Waals surface area contributed by atoms with Crippen LogP contribution >= 0.6 is 0 Å². The van der Waals surface area contributed by atoms with E-state index >= 15 is 0 Å². The van der Waals surface area contributed by atoms with Crippen LogP contribution in [0.2, 0.25) is 0 Å². The van der Waals surface area contributed by atoms with Crippen molar-refractivity contribution in [1.29, 1.82) is 0 Å². The van der Waals surface area contributed by atoms with E-state index < -0.39 is 0 Å². The van der Waals surface area contributed by atoms with Crippen molar-refractivity contribution in [3.8, 4) is 0 Å². The first-order chi connectivity index (χ1) is 5.83. The molecule has 1 fully saturated rings. The number of hydrogen-bond acceptors (Lipinski definition) is 3. The molecule has 1 atom stereocenters. The standard InChI is InChI=1S/C9H20N2O/c10-8(7-12)6-11-9-4-2-1-3-5-9/h8-9,11-12H,1-7,10H2. The van der Waals surface area contributed by atoms with Crippen LogP contribution in [0.15, 0.2) is 0 Å². The molecular weight excluding hydrogens is 152 g/mol. The van der Waals surface area contributed by atoms with Crippen LogP contribution in [0.5, 0.6) is 0 Å². The zero-order valence-electron chi connectivity index (χ0n) is 7.63. The van der Waals surface area contributed by atoms with Gasteiger partial charge in [0.1, 0.15) is 0 Å². The molecule has 3 heteroatoms. The molecule has 1 aliphatic rings. The summed E-state index contributed by atoms with van der Waals surface area (Å²) in [5.41, 5.74) is 5.58. The highest BCUT2D eigenvalue weighted by molar-refractivity contribution is 4.74. The molecule has 0 aromatic rings. The van der Waals surface area contributed by atoms with Gasteiger partial charge in [-0.05, 0) is 12.8 Å². The van der Waals surface area contributed by atoms with Crippen LogP contribution in [-0.2, 0) is 0 Å². The zero-order chi connectivity index (χ0) is 8.81. The van der Waals surface area contributed by atoms with Crippen LogP contribution in [-0.4, -0.2) is 30.3 Å². The van der Waals surface area contributed by atoms with Gasteiger partial charge in [0.25, 0.3) is 0 Å². The van der Waals surface area contributed by atoms with Gasteiger partial charge in [-0.15, -0.1) is 0 Å². The molecule has 0 saturated heterocycles. The molecule has 72 valence electrons. The fourth-order valence-electron chi connectivity index (χ4n) is 1.69. The molecule has 1 rings (SSSR count). The van der Waals surface area contributed by atoms with E-state index in [1.165, 1.54) is 32.1 Å².